The Morgan fingerprint density at radius 3 is 2.64 bits per heavy atom. The van der Waals surface area contributed by atoms with Crippen LogP contribution >= 0.6 is 0 Å². The third-order valence-corrected chi connectivity index (χ3v) is 4.83. The molecule has 7 heteroatoms. The van der Waals surface area contributed by atoms with Crippen LogP contribution in [0.15, 0.2) is 36.4 Å². The fraction of sp³-hybridized carbons (Fsp3) is 0.333. The topological polar surface area (TPSA) is 86.1 Å². The lowest BCUT2D eigenvalue weighted by Crippen LogP contribution is -2.37. The highest BCUT2D eigenvalue weighted by Gasteiger charge is 2.28. The summed E-state index contributed by atoms with van der Waals surface area (Å²) in [6, 6.07) is 11.5. The standard InChI is InChI=1S/C21H22N4O3/c1-12-18-16(21(27)28-13(2)20(26)22-15-9-10-15)11-17(14-7-5-4-6-8-14)23-19(18)25(3)24-12/h4-8,11,13,15H,9-10H2,1-3H3,(H,22,26). The van der Waals surface area contributed by atoms with Gasteiger partial charge in [0.25, 0.3) is 5.91 Å². The van der Waals surface area contributed by atoms with Gasteiger partial charge in [-0.3, -0.25) is 9.48 Å². The van der Waals surface area contributed by atoms with Crippen LogP contribution in [0.25, 0.3) is 22.3 Å². The molecule has 0 saturated heterocycles. The summed E-state index contributed by atoms with van der Waals surface area (Å²) < 4.78 is 7.12. The second-order valence-electron chi connectivity index (χ2n) is 7.16. The number of amides is 1. The Balaban J connectivity index is 1.71. The monoisotopic (exact) mass is 378 g/mol. The maximum atomic E-state index is 13.0. The number of esters is 1. The highest BCUT2D eigenvalue weighted by molar-refractivity contribution is 6.05. The first-order valence-electron chi connectivity index (χ1n) is 9.35. The van der Waals surface area contributed by atoms with Crippen molar-refractivity contribution in [3.8, 4) is 11.3 Å². The number of ether oxygens (including phenoxy) is 1. The number of carbonyl (C=O) groups is 2. The van der Waals surface area contributed by atoms with E-state index in [1.807, 2.05) is 37.3 Å². The van der Waals surface area contributed by atoms with Crippen molar-refractivity contribution in [1.82, 2.24) is 20.1 Å². The number of hydrogen-bond donors (Lipinski definition) is 1. The lowest BCUT2D eigenvalue weighted by Gasteiger charge is -2.14. The predicted molar refractivity (Wildman–Crippen MR) is 105 cm³/mol. The van der Waals surface area contributed by atoms with Crippen molar-refractivity contribution in [3.63, 3.8) is 0 Å². The van der Waals surface area contributed by atoms with Crippen LogP contribution in [0.1, 0.15) is 35.8 Å². The molecular weight excluding hydrogens is 356 g/mol. The number of nitrogens with one attached hydrogen (secondary N) is 1. The van der Waals surface area contributed by atoms with Gasteiger partial charge in [-0.1, -0.05) is 30.3 Å². The first-order chi connectivity index (χ1) is 13.4. The molecule has 1 saturated carbocycles. The molecule has 4 rings (SSSR count). The van der Waals surface area contributed by atoms with E-state index >= 15 is 0 Å². The molecule has 7 nitrogen and oxygen atoms in total. The highest BCUT2D eigenvalue weighted by atomic mass is 16.5. The number of benzene rings is 1. The molecule has 1 aromatic carbocycles. The molecule has 0 spiro atoms. The molecule has 0 aliphatic heterocycles. The van der Waals surface area contributed by atoms with Crippen molar-refractivity contribution in [2.75, 3.05) is 0 Å². The minimum atomic E-state index is -0.867. The Morgan fingerprint density at radius 2 is 1.96 bits per heavy atom. The fourth-order valence-corrected chi connectivity index (χ4v) is 3.19. The quantitative estimate of drug-likeness (QED) is 0.690. The molecule has 28 heavy (non-hydrogen) atoms. The van der Waals surface area contributed by atoms with E-state index in [-0.39, 0.29) is 11.9 Å². The van der Waals surface area contributed by atoms with Crippen LogP contribution in [-0.4, -0.2) is 38.8 Å². The van der Waals surface area contributed by atoms with Gasteiger partial charge in [0.1, 0.15) is 0 Å². The molecule has 1 amide bonds. The number of aromatic nitrogens is 3. The Labute approximate surface area is 162 Å². The molecule has 1 unspecified atom stereocenters. The van der Waals surface area contributed by atoms with E-state index < -0.39 is 12.1 Å². The second kappa shape index (κ2) is 7.07. The molecule has 2 aromatic heterocycles. The number of aryl methyl sites for hydroxylation is 2. The third kappa shape index (κ3) is 3.47. The number of carbonyl (C=O) groups excluding carboxylic acids is 2. The molecule has 0 radical (unpaired) electrons. The Bertz CT molecular complexity index is 1050. The summed E-state index contributed by atoms with van der Waals surface area (Å²) in [6.07, 6.45) is 1.09. The summed E-state index contributed by atoms with van der Waals surface area (Å²) in [4.78, 5) is 29.8. The molecule has 3 aromatic rings. The van der Waals surface area contributed by atoms with E-state index in [4.69, 9.17) is 4.74 Å². The van der Waals surface area contributed by atoms with Crippen molar-refractivity contribution >= 4 is 22.9 Å². The average molecular weight is 378 g/mol. The van der Waals surface area contributed by atoms with Gasteiger partial charge in [0.15, 0.2) is 11.8 Å². The first kappa shape index (κ1) is 18.2. The van der Waals surface area contributed by atoms with Crippen LogP contribution < -0.4 is 5.32 Å². The number of nitrogens with zero attached hydrogens (tertiary/aromatic N) is 3. The number of hydrogen-bond acceptors (Lipinski definition) is 5. The van der Waals surface area contributed by atoms with Crippen LogP contribution in [-0.2, 0) is 16.6 Å². The number of rotatable bonds is 5. The lowest BCUT2D eigenvalue weighted by molar-refractivity contribution is -0.129. The summed E-state index contributed by atoms with van der Waals surface area (Å²) in [6.45, 7) is 3.41. The molecule has 1 aliphatic carbocycles. The SMILES string of the molecule is Cc1nn(C)c2nc(-c3ccccc3)cc(C(=O)OC(C)C(=O)NC3CC3)c12. The van der Waals surface area contributed by atoms with Crippen molar-refractivity contribution in [2.24, 2.45) is 7.05 Å². The summed E-state index contributed by atoms with van der Waals surface area (Å²) >= 11 is 0. The van der Waals surface area contributed by atoms with Crippen LogP contribution in [0.2, 0.25) is 0 Å². The molecular formula is C21H22N4O3. The summed E-state index contributed by atoms with van der Waals surface area (Å²) in [5.74, 6) is -0.827. The molecule has 1 fully saturated rings. The summed E-state index contributed by atoms with van der Waals surface area (Å²) in [7, 11) is 1.79. The van der Waals surface area contributed by atoms with Gasteiger partial charge in [-0.15, -0.1) is 0 Å². The molecule has 1 N–H and O–H groups in total. The molecule has 2 heterocycles. The minimum absolute atomic E-state index is 0.214. The van der Waals surface area contributed by atoms with Crippen molar-refractivity contribution in [1.29, 1.82) is 0 Å². The Hall–Kier alpha value is -3.22. The molecule has 1 atom stereocenters. The van der Waals surface area contributed by atoms with Crippen LogP contribution in [0.5, 0.6) is 0 Å². The minimum Gasteiger partial charge on any atom is -0.449 e. The molecule has 1 aliphatic rings. The van der Waals surface area contributed by atoms with E-state index in [0.29, 0.717) is 28.0 Å². The van der Waals surface area contributed by atoms with Crippen molar-refractivity contribution < 1.29 is 14.3 Å². The maximum Gasteiger partial charge on any atom is 0.339 e. The van der Waals surface area contributed by atoms with E-state index in [9.17, 15) is 9.59 Å². The van der Waals surface area contributed by atoms with Gasteiger partial charge >= 0.3 is 5.97 Å². The molecule has 0 bridgehead atoms. The summed E-state index contributed by atoms with van der Waals surface area (Å²) in [5, 5.41) is 7.89. The van der Waals surface area contributed by atoms with Crippen molar-refractivity contribution in [3.05, 3.63) is 47.7 Å². The van der Waals surface area contributed by atoms with Gasteiger partial charge in [0.05, 0.1) is 22.3 Å². The van der Waals surface area contributed by atoms with Gasteiger partial charge < -0.3 is 10.1 Å². The Morgan fingerprint density at radius 1 is 1.25 bits per heavy atom. The van der Waals surface area contributed by atoms with Gasteiger partial charge in [-0.05, 0) is 32.8 Å². The van der Waals surface area contributed by atoms with E-state index in [2.05, 4.69) is 15.4 Å². The highest BCUT2D eigenvalue weighted by Crippen LogP contribution is 2.27. The zero-order chi connectivity index (χ0) is 19.8. The summed E-state index contributed by atoms with van der Waals surface area (Å²) in [5.41, 5.74) is 3.18. The molecule has 144 valence electrons. The lowest BCUT2D eigenvalue weighted by atomic mass is 10.1. The Kier molecular flexibility index (Phi) is 4.58. The van der Waals surface area contributed by atoms with Crippen LogP contribution in [0, 0.1) is 6.92 Å². The first-order valence-corrected chi connectivity index (χ1v) is 9.35. The largest absolute Gasteiger partial charge is 0.449 e. The second-order valence-corrected chi connectivity index (χ2v) is 7.16. The van der Waals surface area contributed by atoms with Crippen molar-refractivity contribution in [2.45, 2.75) is 38.8 Å². The van der Waals surface area contributed by atoms with Gasteiger partial charge in [0.2, 0.25) is 0 Å². The van der Waals surface area contributed by atoms with E-state index in [1.54, 1.807) is 24.7 Å². The smallest absolute Gasteiger partial charge is 0.339 e. The maximum absolute atomic E-state index is 13.0. The number of pyridine rings is 1. The number of fused-ring (bicyclic) bond motifs is 1. The average Bonchev–Trinajstić information content (AvgIpc) is 3.46. The van der Waals surface area contributed by atoms with E-state index in [1.165, 1.54) is 0 Å². The third-order valence-electron chi connectivity index (χ3n) is 4.83. The van der Waals surface area contributed by atoms with E-state index in [0.717, 1.165) is 18.4 Å². The van der Waals surface area contributed by atoms with Crippen LogP contribution in [0.3, 0.4) is 0 Å². The zero-order valence-corrected chi connectivity index (χ0v) is 16.1. The zero-order valence-electron chi connectivity index (χ0n) is 16.1. The van der Waals surface area contributed by atoms with Crippen LogP contribution in [0.4, 0.5) is 0 Å². The van der Waals surface area contributed by atoms with Gasteiger partial charge in [0, 0.05) is 18.7 Å². The van der Waals surface area contributed by atoms with Gasteiger partial charge in [-0.25, -0.2) is 9.78 Å². The van der Waals surface area contributed by atoms with Gasteiger partial charge in [-0.2, -0.15) is 5.10 Å². The predicted octanol–water partition coefficient (Wildman–Crippen LogP) is 2.77. The normalized spacial score (nSPS) is 14.7. The fourth-order valence-electron chi connectivity index (χ4n) is 3.19.